The smallest absolute Gasteiger partial charge is 0.337 e. The molecule has 0 unspecified atom stereocenters. The van der Waals surface area contributed by atoms with E-state index in [0.717, 1.165) is 15.9 Å². The van der Waals surface area contributed by atoms with Gasteiger partial charge in [-0.25, -0.2) is 9.78 Å². The molecule has 0 amide bonds. The Morgan fingerprint density at radius 2 is 2.29 bits per heavy atom. The zero-order valence-electron chi connectivity index (χ0n) is 7.36. The normalized spacial score (nSPS) is 10.7. The summed E-state index contributed by atoms with van der Waals surface area (Å²) in [6.45, 7) is 1.86. The molecule has 2 heterocycles. The first-order chi connectivity index (χ1) is 6.59. The SMILES string of the molecule is Cc1nc2ccc(C(=O)O)cn2c1Br. The molecule has 2 aromatic rings. The number of hydrogen-bond acceptors (Lipinski definition) is 2. The third-order valence-electron chi connectivity index (χ3n) is 1.97. The highest BCUT2D eigenvalue weighted by molar-refractivity contribution is 9.10. The number of pyridine rings is 1. The molecule has 2 aromatic heterocycles. The van der Waals surface area contributed by atoms with Crippen LogP contribution in [0.3, 0.4) is 0 Å². The van der Waals surface area contributed by atoms with Crippen LogP contribution in [-0.2, 0) is 0 Å². The summed E-state index contributed by atoms with van der Waals surface area (Å²) in [5.74, 6) is -0.940. The van der Waals surface area contributed by atoms with Crippen LogP contribution in [0.4, 0.5) is 0 Å². The fraction of sp³-hybridized carbons (Fsp3) is 0.111. The van der Waals surface area contributed by atoms with Gasteiger partial charge in [0, 0.05) is 6.20 Å². The maximum Gasteiger partial charge on any atom is 0.337 e. The summed E-state index contributed by atoms with van der Waals surface area (Å²) in [6, 6.07) is 3.22. The van der Waals surface area contributed by atoms with Gasteiger partial charge in [-0.3, -0.25) is 4.40 Å². The van der Waals surface area contributed by atoms with Crippen LogP contribution in [0.1, 0.15) is 16.1 Å². The zero-order valence-corrected chi connectivity index (χ0v) is 8.95. The molecule has 14 heavy (non-hydrogen) atoms. The van der Waals surface area contributed by atoms with Crippen molar-refractivity contribution >= 4 is 27.5 Å². The van der Waals surface area contributed by atoms with E-state index in [-0.39, 0.29) is 5.56 Å². The molecule has 0 spiro atoms. The Labute approximate surface area is 88.3 Å². The van der Waals surface area contributed by atoms with Gasteiger partial charge >= 0.3 is 5.97 Å². The van der Waals surface area contributed by atoms with Gasteiger partial charge < -0.3 is 5.11 Å². The van der Waals surface area contributed by atoms with Crippen LogP contribution in [0.2, 0.25) is 0 Å². The largest absolute Gasteiger partial charge is 0.478 e. The molecule has 0 saturated heterocycles. The standard InChI is InChI=1S/C9H7BrN2O2/c1-5-8(10)12-4-6(9(13)14)2-3-7(12)11-5/h2-4H,1H3,(H,13,14). The lowest BCUT2D eigenvalue weighted by atomic mass is 10.3. The van der Waals surface area contributed by atoms with Crippen molar-refractivity contribution in [1.29, 1.82) is 0 Å². The van der Waals surface area contributed by atoms with Gasteiger partial charge in [0.2, 0.25) is 0 Å². The van der Waals surface area contributed by atoms with E-state index in [2.05, 4.69) is 20.9 Å². The summed E-state index contributed by atoms with van der Waals surface area (Å²) in [5.41, 5.74) is 1.82. The number of imidazole rings is 1. The molecule has 4 nitrogen and oxygen atoms in total. The van der Waals surface area contributed by atoms with Crippen molar-refractivity contribution in [2.75, 3.05) is 0 Å². The molecule has 0 aliphatic carbocycles. The van der Waals surface area contributed by atoms with Gasteiger partial charge in [0.05, 0.1) is 11.3 Å². The minimum absolute atomic E-state index is 0.246. The third-order valence-corrected chi connectivity index (χ3v) is 2.92. The van der Waals surface area contributed by atoms with Crippen LogP contribution in [0.15, 0.2) is 22.9 Å². The summed E-state index contributed by atoms with van der Waals surface area (Å²) < 4.78 is 2.49. The van der Waals surface area contributed by atoms with Gasteiger partial charge in [-0.05, 0) is 35.0 Å². The van der Waals surface area contributed by atoms with Crippen molar-refractivity contribution in [3.8, 4) is 0 Å². The molecule has 0 saturated carbocycles. The highest BCUT2D eigenvalue weighted by Crippen LogP contribution is 2.18. The maximum atomic E-state index is 10.7. The molecule has 72 valence electrons. The number of fused-ring (bicyclic) bond motifs is 1. The molecular weight excluding hydrogens is 248 g/mol. The average molecular weight is 255 g/mol. The zero-order chi connectivity index (χ0) is 10.3. The highest BCUT2D eigenvalue weighted by atomic mass is 79.9. The number of aromatic nitrogens is 2. The van der Waals surface area contributed by atoms with Crippen molar-refractivity contribution in [3.63, 3.8) is 0 Å². The van der Waals surface area contributed by atoms with E-state index in [1.165, 1.54) is 6.07 Å². The molecule has 0 bridgehead atoms. The minimum Gasteiger partial charge on any atom is -0.478 e. The summed E-state index contributed by atoms with van der Waals surface area (Å²) >= 11 is 3.34. The predicted octanol–water partition coefficient (Wildman–Crippen LogP) is 2.10. The van der Waals surface area contributed by atoms with Gasteiger partial charge in [0.15, 0.2) is 0 Å². The van der Waals surface area contributed by atoms with Crippen molar-refractivity contribution in [2.24, 2.45) is 0 Å². The van der Waals surface area contributed by atoms with Gasteiger partial charge in [-0.15, -0.1) is 0 Å². The molecule has 0 aliphatic heterocycles. The van der Waals surface area contributed by atoms with E-state index in [1.54, 1.807) is 16.7 Å². The first-order valence-corrected chi connectivity index (χ1v) is 4.76. The maximum absolute atomic E-state index is 10.7. The fourth-order valence-corrected chi connectivity index (χ4v) is 1.63. The second-order valence-electron chi connectivity index (χ2n) is 2.94. The number of carboxylic acids is 1. The lowest BCUT2D eigenvalue weighted by molar-refractivity contribution is 0.0696. The number of carbonyl (C=O) groups is 1. The van der Waals surface area contributed by atoms with Gasteiger partial charge in [-0.1, -0.05) is 0 Å². The minimum atomic E-state index is -0.940. The van der Waals surface area contributed by atoms with Gasteiger partial charge in [-0.2, -0.15) is 0 Å². The van der Waals surface area contributed by atoms with E-state index < -0.39 is 5.97 Å². The number of aromatic carboxylic acids is 1. The topological polar surface area (TPSA) is 54.6 Å². The molecule has 0 aromatic carbocycles. The molecule has 0 radical (unpaired) electrons. The van der Waals surface area contributed by atoms with Crippen LogP contribution < -0.4 is 0 Å². The van der Waals surface area contributed by atoms with E-state index >= 15 is 0 Å². The third kappa shape index (κ3) is 1.29. The second kappa shape index (κ2) is 3.09. The lowest BCUT2D eigenvalue weighted by Gasteiger charge is -1.97. The van der Waals surface area contributed by atoms with E-state index in [0.29, 0.717) is 0 Å². The first kappa shape index (κ1) is 9.21. The monoisotopic (exact) mass is 254 g/mol. The van der Waals surface area contributed by atoms with E-state index in [9.17, 15) is 4.79 Å². The molecule has 1 N–H and O–H groups in total. The molecule has 5 heteroatoms. The Kier molecular flexibility index (Phi) is 2.03. The number of halogens is 1. The second-order valence-corrected chi connectivity index (χ2v) is 3.69. The predicted molar refractivity (Wildman–Crippen MR) is 54.6 cm³/mol. The molecule has 2 rings (SSSR count). The van der Waals surface area contributed by atoms with Crippen molar-refractivity contribution in [3.05, 3.63) is 34.2 Å². The van der Waals surface area contributed by atoms with Crippen molar-refractivity contribution < 1.29 is 9.90 Å². The van der Waals surface area contributed by atoms with Crippen LogP contribution in [0.25, 0.3) is 5.65 Å². The van der Waals surface area contributed by atoms with Gasteiger partial charge in [0.1, 0.15) is 10.3 Å². The molecule has 0 fully saturated rings. The van der Waals surface area contributed by atoms with Crippen LogP contribution in [0.5, 0.6) is 0 Å². The summed E-state index contributed by atoms with van der Waals surface area (Å²) in [5, 5.41) is 8.79. The summed E-state index contributed by atoms with van der Waals surface area (Å²) in [7, 11) is 0. The quantitative estimate of drug-likeness (QED) is 0.848. The molecular formula is C9H7BrN2O2. The Balaban J connectivity index is 2.76. The number of nitrogens with zero attached hydrogens (tertiary/aromatic N) is 2. The van der Waals surface area contributed by atoms with Crippen LogP contribution >= 0.6 is 15.9 Å². The Morgan fingerprint density at radius 1 is 1.57 bits per heavy atom. The molecule has 0 atom stereocenters. The Morgan fingerprint density at radius 3 is 2.93 bits per heavy atom. The lowest BCUT2D eigenvalue weighted by Crippen LogP contribution is -1.98. The number of hydrogen-bond donors (Lipinski definition) is 1. The Hall–Kier alpha value is -1.36. The number of rotatable bonds is 1. The van der Waals surface area contributed by atoms with E-state index in [4.69, 9.17) is 5.11 Å². The van der Waals surface area contributed by atoms with Crippen LogP contribution in [-0.4, -0.2) is 20.5 Å². The number of aryl methyl sites for hydroxylation is 1. The summed E-state index contributed by atoms with van der Waals surface area (Å²) in [6.07, 6.45) is 1.54. The van der Waals surface area contributed by atoms with Crippen LogP contribution in [0, 0.1) is 6.92 Å². The average Bonchev–Trinajstić information content (AvgIpc) is 2.43. The van der Waals surface area contributed by atoms with Crippen molar-refractivity contribution in [2.45, 2.75) is 6.92 Å². The van der Waals surface area contributed by atoms with Crippen molar-refractivity contribution in [1.82, 2.24) is 9.38 Å². The Bertz CT molecular complexity index is 519. The highest BCUT2D eigenvalue weighted by Gasteiger charge is 2.08. The summed E-state index contributed by atoms with van der Waals surface area (Å²) in [4.78, 5) is 14.9. The number of carboxylic acid groups (broad SMARTS) is 1. The first-order valence-electron chi connectivity index (χ1n) is 3.97. The van der Waals surface area contributed by atoms with E-state index in [1.807, 2.05) is 6.92 Å². The fourth-order valence-electron chi connectivity index (χ4n) is 1.26. The molecule has 0 aliphatic rings. The van der Waals surface area contributed by atoms with Gasteiger partial charge in [0.25, 0.3) is 0 Å².